The van der Waals surface area contributed by atoms with E-state index in [0.717, 1.165) is 11.1 Å². The first-order chi connectivity index (χ1) is 17.9. The average molecular weight is 547 g/mol. The molecule has 37 heavy (non-hydrogen) atoms. The molecule has 1 amide bonds. The molecular formula is C29H20Cl2N2O3S. The van der Waals surface area contributed by atoms with Gasteiger partial charge in [-0.2, -0.15) is 0 Å². The van der Waals surface area contributed by atoms with E-state index < -0.39 is 5.97 Å². The van der Waals surface area contributed by atoms with Gasteiger partial charge in [0.15, 0.2) is 0 Å². The van der Waals surface area contributed by atoms with E-state index in [2.05, 4.69) is 5.32 Å². The van der Waals surface area contributed by atoms with Gasteiger partial charge in [-0.15, -0.1) is 11.3 Å². The lowest BCUT2D eigenvalue weighted by atomic mass is 10.0. The van der Waals surface area contributed by atoms with Gasteiger partial charge in [0.2, 0.25) is 0 Å². The molecule has 0 unspecified atom stereocenters. The van der Waals surface area contributed by atoms with E-state index in [9.17, 15) is 9.59 Å². The van der Waals surface area contributed by atoms with Gasteiger partial charge >= 0.3 is 5.97 Å². The number of methoxy groups -OCH3 is 1. The lowest BCUT2D eigenvalue weighted by Crippen LogP contribution is -2.15. The van der Waals surface area contributed by atoms with Crippen molar-refractivity contribution in [1.82, 2.24) is 4.98 Å². The molecule has 2 heterocycles. The number of esters is 1. The maximum absolute atomic E-state index is 13.7. The molecule has 0 bridgehead atoms. The number of ether oxygens (including phenoxy) is 1. The number of rotatable bonds is 5. The second-order valence-electron chi connectivity index (χ2n) is 8.36. The largest absolute Gasteiger partial charge is 0.465 e. The van der Waals surface area contributed by atoms with Gasteiger partial charge in [0.25, 0.3) is 5.91 Å². The number of nitrogens with one attached hydrogen (secondary N) is 1. The number of nitrogens with zero attached hydrogens (tertiary/aromatic N) is 1. The highest BCUT2D eigenvalue weighted by Crippen LogP contribution is 2.37. The minimum Gasteiger partial charge on any atom is -0.465 e. The van der Waals surface area contributed by atoms with Crippen LogP contribution in [0.1, 0.15) is 26.3 Å². The van der Waals surface area contributed by atoms with Gasteiger partial charge in [0, 0.05) is 26.9 Å². The summed E-state index contributed by atoms with van der Waals surface area (Å²) in [6.45, 7) is 1.99. The molecule has 0 atom stereocenters. The summed E-state index contributed by atoms with van der Waals surface area (Å²) in [6.07, 6.45) is 0. The van der Waals surface area contributed by atoms with Gasteiger partial charge in [-0.25, -0.2) is 9.78 Å². The van der Waals surface area contributed by atoms with Crippen molar-refractivity contribution >= 4 is 62.3 Å². The van der Waals surface area contributed by atoms with E-state index in [4.69, 9.17) is 32.9 Å². The van der Waals surface area contributed by atoms with Crippen LogP contribution in [0.4, 0.5) is 5.00 Å². The van der Waals surface area contributed by atoms with Crippen molar-refractivity contribution in [2.75, 3.05) is 12.4 Å². The zero-order chi connectivity index (χ0) is 26.1. The third kappa shape index (κ3) is 4.96. The lowest BCUT2D eigenvalue weighted by Gasteiger charge is -2.12. The Balaban J connectivity index is 1.59. The second kappa shape index (κ2) is 10.3. The van der Waals surface area contributed by atoms with Gasteiger partial charge in [-0.3, -0.25) is 4.79 Å². The van der Waals surface area contributed by atoms with Crippen LogP contribution in [-0.4, -0.2) is 24.0 Å². The number of aromatic nitrogens is 1. The monoisotopic (exact) mass is 546 g/mol. The summed E-state index contributed by atoms with van der Waals surface area (Å²) in [5.74, 6) is -0.909. The summed E-state index contributed by atoms with van der Waals surface area (Å²) in [5.41, 5.74) is 5.18. The molecule has 0 aliphatic carbocycles. The van der Waals surface area contributed by atoms with Crippen LogP contribution < -0.4 is 5.32 Å². The number of para-hydroxylation sites is 1. The molecular weight excluding hydrogens is 527 g/mol. The molecule has 0 aliphatic rings. The highest BCUT2D eigenvalue weighted by atomic mass is 35.5. The number of carbonyl (C=O) groups excluding carboxylic acids is 2. The number of hydrogen-bond acceptors (Lipinski definition) is 5. The van der Waals surface area contributed by atoms with Crippen molar-refractivity contribution in [3.8, 4) is 22.4 Å². The molecule has 5 aromatic rings. The summed E-state index contributed by atoms with van der Waals surface area (Å²) in [7, 11) is 1.32. The Hall–Kier alpha value is -3.71. The number of benzene rings is 3. The number of fused-ring (bicyclic) bond motifs is 1. The van der Waals surface area contributed by atoms with Crippen molar-refractivity contribution in [3.63, 3.8) is 0 Å². The van der Waals surface area contributed by atoms with E-state index >= 15 is 0 Å². The lowest BCUT2D eigenvalue weighted by molar-refractivity contribution is 0.0603. The highest BCUT2D eigenvalue weighted by Gasteiger charge is 2.24. The SMILES string of the molecule is COC(=O)c1c(-c2ccc(C)cc2)csc1NC(=O)c1cc(-c2ccc(Cl)cc2Cl)nc2ccccc12. The molecule has 1 N–H and O–H groups in total. The van der Waals surface area contributed by atoms with E-state index in [1.807, 2.05) is 60.8 Å². The zero-order valence-electron chi connectivity index (χ0n) is 19.8. The number of aryl methyl sites for hydroxylation is 1. The van der Waals surface area contributed by atoms with Crippen LogP contribution in [0.25, 0.3) is 33.3 Å². The maximum Gasteiger partial charge on any atom is 0.341 e. The summed E-state index contributed by atoms with van der Waals surface area (Å²) in [4.78, 5) is 31.2. The van der Waals surface area contributed by atoms with Crippen molar-refractivity contribution in [2.24, 2.45) is 0 Å². The van der Waals surface area contributed by atoms with Crippen molar-refractivity contribution in [3.05, 3.63) is 105 Å². The highest BCUT2D eigenvalue weighted by molar-refractivity contribution is 7.15. The standard InChI is InChI=1S/C29H20Cl2N2O3S/c1-16-7-9-17(10-8-16)22-15-37-28(26(22)29(35)36-2)33-27(34)21-14-25(20-12-11-18(30)13-23(20)31)32-24-6-4-3-5-19(21)24/h3-15H,1-2H3,(H,33,34). The Labute approximate surface area is 227 Å². The van der Waals surface area contributed by atoms with Crippen LogP contribution in [0.5, 0.6) is 0 Å². The fourth-order valence-electron chi connectivity index (χ4n) is 4.07. The number of carbonyl (C=O) groups is 2. The van der Waals surface area contributed by atoms with E-state index in [-0.39, 0.29) is 5.91 Å². The van der Waals surface area contributed by atoms with E-state index in [1.165, 1.54) is 18.4 Å². The average Bonchev–Trinajstić information content (AvgIpc) is 3.31. The van der Waals surface area contributed by atoms with E-state index in [1.54, 1.807) is 24.3 Å². The number of amides is 1. The molecule has 0 radical (unpaired) electrons. The Kier molecular flexibility index (Phi) is 6.98. The Morgan fingerprint density at radius 2 is 1.70 bits per heavy atom. The predicted molar refractivity (Wildman–Crippen MR) is 151 cm³/mol. The molecule has 184 valence electrons. The Bertz CT molecular complexity index is 1660. The first-order valence-corrected chi connectivity index (χ1v) is 12.9. The summed E-state index contributed by atoms with van der Waals surface area (Å²) >= 11 is 13.8. The third-order valence-corrected chi connectivity index (χ3v) is 7.38. The van der Waals surface area contributed by atoms with E-state index in [0.29, 0.717) is 53.9 Å². The van der Waals surface area contributed by atoms with Gasteiger partial charge in [-0.05, 0) is 42.8 Å². The maximum atomic E-state index is 13.7. The first kappa shape index (κ1) is 25.0. The summed E-state index contributed by atoms with van der Waals surface area (Å²) < 4.78 is 5.06. The van der Waals surface area contributed by atoms with Crippen molar-refractivity contribution in [2.45, 2.75) is 6.92 Å². The second-order valence-corrected chi connectivity index (χ2v) is 10.1. The molecule has 3 aromatic carbocycles. The summed E-state index contributed by atoms with van der Waals surface area (Å²) in [5, 5.41) is 6.78. The molecule has 0 aliphatic heterocycles. The van der Waals surface area contributed by atoms with Crippen molar-refractivity contribution < 1.29 is 14.3 Å². The molecule has 0 spiro atoms. The van der Waals surface area contributed by atoms with Crippen LogP contribution in [0, 0.1) is 6.92 Å². The van der Waals surface area contributed by atoms with Crippen LogP contribution in [0.3, 0.4) is 0 Å². The van der Waals surface area contributed by atoms with Crippen molar-refractivity contribution in [1.29, 1.82) is 0 Å². The fourth-order valence-corrected chi connectivity index (χ4v) is 5.53. The van der Waals surface area contributed by atoms with Crippen LogP contribution in [0.2, 0.25) is 10.0 Å². The molecule has 5 nitrogen and oxygen atoms in total. The van der Waals surface area contributed by atoms with Crippen LogP contribution in [-0.2, 0) is 4.74 Å². The number of thiophene rings is 1. The number of pyridine rings is 1. The first-order valence-electron chi connectivity index (χ1n) is 11.3. The minimum atomic E-state index is -0.527. The molecule has 8 heteroatoms. The fraction of sp³-hybridized carbons (Fsp3) is 0.0690. The van der Waals surface area contributed by atoms with Crippen LogP contribution in [0.15, 0.2) is 78.2 Å². The zero-order valence-corrected chi connectivity index (χ0v) is 22.2. The minimum absolute atomic E-state index is 0.309. The molecule has 2 aromatic heterocycles. The number of anilines is 1. The normalized spacial score (nSPS) is 10.9. The van der Waals surface area contributed by atoms with Gasteiger partial charge in [-0.1, -0.05) is 71.2 Å². The topological polar surface area (TPSA) is 68.3 Å². The quantitative estimate of drug-likeness (QED) is 0.225. The smallest absolute Gasteiger partial charge is 0.341 e. The molecule has 0 fully saturated rings. The molecule has 0 saturated heterocycles. The van der Waals surface area contributed by atoms with Crippen LogP contribution >= 0.6 is 34.5 Å². The third-order valence-electron chi connectivity index (χ3n) is 5.94. The molecule has 0 saturated carbocycles. The summed E-state index contributed by atoms with van der Waals surface area (Å²) in [6, 6.07) is 22.0. The number of halogens is 2. The predicted octanol–water partition coefficient (Wildman–Crippen LogP) is 8.28. The number of hydrogen-bond donors (Lipinski definition) is 1. The Morgan fingerprint density at radius 1 is 0.946 bits per heavy atom. The van der Waals surface area contributed by atoms with Gasteiger partial charge in [0.05, 0.1) is 28.9 Å². The van der Waals surface area contributed by atoms with Gasteiger partial charge < -0.3 is 10.1 Å². The van der Waals surface area contributed by atoms with Gasteiger partial charge in [0.1, 0.15) is 10.6 Å². The molecule has 5 rings (SSSR count). The Morgan fingerprint density at radius 3 is 2.43 bits per heavy atom.